The summed E-state index contributed by atoms with van der Waals surface area (Å²) in [7, 11) is 1.76. The maximum absolute atomic E-state index is 5.33. The largest absolute Gasteiger partial charge is 0.383 e. The summed E-state index contributed by atoms with van der Waals surface area (Å²) >= 11 is 0. The van der Waals surface area contributed by atoms with E-state index in [1.807, 2.05) is 0 Å². The van der Waals surface area contributed by atoms with Crippen LogP contribution in [0, 0.1) is 5.92 Å². The van der Waals surface area contributed by atoms with Crippen molar-refractivity contribution in [3.8, 4) is 0 Å². The van der Waals surface area contributed by atoms with Gasteiger partial charge in [0.05, 0.1) is 6.61 Å². The summed E-state index contributed by atoms with van der Waals surface area (Å²) in [5.74, 6) is 0.548. The fraction of sp³-hybridized carbons (Fsp3) is 0.444. The van der Waals surface area contributed by atoms with Crippen LogP contribution in [0.4, 0.5) is 0 Å². The molecule has 0 aliphatic rings. The molecule has 1 N–H and O–H groups in total. The highest BCUT2D eigenvalue weighted by Gasteiger charge is 2.17. The van der Waals surface area contributed by atoms with Gasteiger partial charge >= 0.3 is 0 Å². The minimum Gasteiger partial charge on any atom is -0.383 e. The second kappa shape index (κ2) is 6.87. The molecule has 0 spiro atoms. The van der Waals surface area contributed by atoms with E-state index in [1.165, 1.54) is 16.3 Å². The van der Waals surface area contributed by atoms with Crippen LogP contribution < -0.4 is 5.32 Å². The van der Waals surface area contributed by atoms with Gasteiger partial charge in [0.15, 0.2) is 0 Å². The molecule has 2 nitrogen and oxygen atoms in total. The number of rotatable bonds is 6. The van der Waals surface area contributed by atoms with E-state index in [0.717, 1.165) is 6.61 Å². The Balaban J connectivity index is 2.24. The average molecular weight is 271 g/mol. The molecule has 2 aromatic carbocycles. The smallest absolute Gasteiger partial charge is 0.0618 e. The molecule has 2 rings (SSSR count). The van der Waals surface area contributed by atoms with Gasteiger partial charge in [-0.2, -0.15) is 0 Å². The number of nitrogens with one attached hydrogen (secondary N) is 1. The second-order valence-electron chi connectivity index (χ2n) is 5.76. The molecule has 0 aliphatic carbocycles. The zero-order valence-electron chi connectivity index (χ0n) is 12.9. The minimum atomic E-state index is 0.309. The van der Waals surface area contributed by atoms with E-state index in [-0.39, 0.29) is 0 Å². The molecule has 108 valence electrons. The highest BCUT2D eigenvalue weighted by Crippen LogP contribution is 2.24. The lowest BCUT2D eigenvalue weighted by Gasteiger charge is -2.26. The van der Waals surface area contributed by atoms with Crippen molar-refractivity contribution in [2.45, 2.75) is 32.9 Å². The van der Waals surface area contributed by atoms with Crippen LogP contribution in [0.1, 0.15) is 32.4 Å². The topological polar surface area (TPSA) is 21.3 Å². The van der Waals surface area contributed by atoms with Crippen molar-refractivity contribution < 1.29 is 4.74 Å². The van der Waals surface area contributed by atoms with E-state index in [0.29, 0.717) is 18.0 Å². The zero-order valence-corrected chi connectivity index (χ0v) is 12.9. The summed E-state index contributed by atoms with van der Waals surface area (Å²) in [5.41, 5.74) is 1.35. The van der Waals surface area contributed by atoms with Gasteiger partial charge in [0.2, 0.25) is 0 Å². The first-order valence-electron chi connectivity index (χ1n) is 7.36. The van der Waals surface area contributed by atoms with Crippen molar-refractivity contribution in [2.75, 3.05) is 13.7 Å². The van der Waals surface area contributed by atoms with Crippen molar-refractivity contribution in [1.82, 2.24) is 5.32 Å². The van der Waals surface area contributed by atoms with Crippen LogP contribution in [0.25, 0.3) is 10.8 Å². The van der Waals surface area contributed by atoms with Crippen LogP contribution in [0.15, 0.2) is 42.5 Å². The molecule has 20 heavy (non-hydrogen) atoms. The van der Waals surface area contributed by atoms with Gasteiger partial charge in [-0.05, 0) is 29.2 Å². The lowest BCUT2D eigenvalue weighted by molar-refractivity contribution is 0.141. The van der Waals surface area contributed by atoms with E-state index in [1.54, 1.807) is 7.11 Å². The highest BCUT2D eigenvalue weighted by atomic mass is 16.5. The first-order chi connectivity index (χ1) is 9.63. The average Bonchev–Trinajstić information content (AvgIpc) is 2.46. The molecule has 0 fully saturated rings. The fourth-order valence-corrected chi connectivity index (χ4v) is 2.65. The van der Waals surface area contributed by atoms with Gasteiger partial charge in [-0.1, -0.05) is 56.3 Å². The Morgan fingerprint density at radius 3 is 2.40 bits per heavy atom. The molecule has 0 saturated heterocycles. The van der Waals surface area contributed by atoms with Crippen LogP contribution in [-0.4, -0.2) is 19.8 Å². The minimum absolute atomic E-state index is 0.309. The summed E-state index contributed by atoms with van der Waals surface area (Å²) in [6.45, 7) is 7.43. The summed E-state index contributed by atoms with van der Waals surface area (Å²) in [6, 6.07) is 15.8. The Labute approximate surface area is 122 Å². The van der Waals surface area contributed by atoms with Crippen LogP contribution in [-0.2, 0) is 4.74 Å². The van der Waals surface area contributed by atoms with E-state index >= 15 is 0 Å². The number of fused-ring (bicyclic) bond motifs is 1. The van der Waals surface area contributed by atoms with Gasteiger partial charge < -0.3 is 10.1 Å². The van der Waals surface area contributed by atoms with Crippen molar-refractivity contribution >= 4 is 10.8 Å². The molecule has 0 aliphatic heterocycles. The van der Waals surface area contributed by atoms with E-state index in [9.17, 15) is 0 Å². The molecule has 0 radical (unpaired) electrons. The Kier molecular flexibility index (Phi) is 5.16. The van der Waals surface area contributed by atoms with Crippen molar-refractivity contribution in [1.29, 1.82) is 0 Å². The summed E-state index contributed by atoms with van der Waals surface area (Å²) in [4.78, 5) is 0. The Morgan fingerprint density at radius 1 is 1.00 bits per heavy atom. The second-order valence-corrected chi connectivity index (χ2v) is 5.76. The molecule has 2 atom stereocenters. The van der Waals surface area contributed by atoms with Crippen LogP contribution in [0.3, 0.4) is 0 Å². The number of benzene rings is 2. The highest BCUT2D eigenvalue weighted by molar-refractivity contribution is 5.86. The summed E-state index contributed by atoms with van der Waals surface area (Å²) < 4.78 is 5.33. The maximum Gasteiger partial charge on any atom is 0.0618 e. The van der Waals surface area contributed by atoms with Crippen LogP contribution in [0.2, 0.25) is 0 Å². The summed E-state index contributed by atoms with van der Waals surface area (Å²) in [5, 5.41) is 6.33. The predicted octanol–water partition coefficient (Wildman–Crippen LogP) is 4.16. The van der Waals surface area contributed by atoms with E-state index < -0.39 is 0 Å². The lowest BCUT2D eigenvalue weighted by Crippen LogP contribution is -2.39. The molecule has 0 bridgehead atoms. The number of methoxy groups -OCH3 is 1. The standard InChI is InChI=1S/C18H25NO/c1-13(2)18(12-20-4)19-14(3)16-11-7-9-15-8-5-6-10-17(15)16/h5-11,13-14,18-19H,12H2,1-4H3. The van der Waals surface area contributed by atoms with Crippen LogP contribution >= 0.6 is 0 Å². The predicted molar refractivity (Wildman–Crippen MR) is 86.0 cm³/mol. The molecule has 2 unspecified atom stereocenters. The quantitative estimate of drug-likeness (QED) is 0.851. The van der Waals surface area contributed by atoms with Gasteiger partial charge in [-0.3, -0.25) is 0 Å². The fourth-order valence-electron chi connectivity index (χ4n) is 2.65. The summed E-state index contributed by atoms with van der Waals surface area (Å²) in [6.07, 6.45) is 0. The van der Waals surface area contributed by atoms with Crippen molar-refractivity contribution in [3.05, 3.63) is 48.0 Å². The Bertz CT molecular complexity index is 545. The molecule has 0 amide bonds. The molecular formula is C18H25NO. The third-order valence-electron chi connectivity index (χ3n) is 3.90. The molecule has 0 aromatic heterocycles. The molecular weight excluding hydrogens is 246 g/mol. The normalized spacial score (nSPS) is 14.7. The Hall–Kier alpha value is -1.38. The molecule has 0 heterocycles. The zero-order chi connectivity index (χ0) is 14.5. The SMILES string of the molecule is COCC(NC(C)c1cccc2ccccc12)C(C)C. The number of ether oxygens (including phenoxy) is 1. The van der Waals surface area contributed by atoms with Gasteiger partial charge in [-0.25, -0.2) is 0 Å². The van der Waals surface area contributed by atoms with Gasteiger partial charge in [0, 0.05) is 19.2 Å². The molecule has 2 aromatic rings. The van der Waals surface area contributed by atoms with Gasteiger partial charge in [0.25, 0.3) is 0 Å². The van der Waals surface area contributed by atoms with Gasteiger partial charge in [-0.15, -0.1) is 0 Å². The molecule has 0 saturated carbocycles. The maximum atomic E-state index is 5.33. The van der Waals surface area contributed by atoms with Gasteiger partial charge in [0.1, 0.15) is 0 Å². The first kappa shape index (κ1) is 15.0. The van der Waals surface area contributed by atoms with E-state index in [4.69, 9.17) is 4.74 Å². The lowest BCUT2D eigenvalue weighted by atomic mass is 9.97. The molecule has 2 heteroatoms. The number of hydrogen-bond donors (Lipinski definition) is 1. The first-order valence-corrected chi connectivity index (χ1v) is 7.36. The van der Waals surface area contributed by atoms with E-state index in [2.05, 4.69) is 68.6 Å². The third-order valence-corrected chi connectivity index (χ3v) is 3.90. The van der Waals surface area contributed by atoms with Crippen LogP contribution in [0.5, 0.6) is 0 Å². The van der Waals surface area contributed by atoms with Crippen molar-refractivity contribution in [2.24, 2.45) is 5.92 Å². The monoisotopic (exact) mass is 271 g/mol. The number of hydrogen-bond acceptors (Lipinski definition) is 2. The third kappa shape index (κ3) is 3.38. The van der Waals surface area contributed by atoms with Crippen molar-refractivity contribution in [3.63, 3.8) is 0 Å². The Morgan fingerprint density at radius 2 is 1.70 bits per heavy atom.